The van der Waals surface area contributed by atoms with Gasteiger partial charge in [0.1, 0.15) is 6.07 Å². The average Bonchev–Trinajstić information content (AvgIpc) is 2.16. The first-order chi connectivity index (χ1) is 6.19. The van der Waals surface area contributed by atoms with E-state index in [1.807, 2.05) is 0 Å². The number of nitrogens with zero attached hydrogens (tertiary/aromatic N) is 2. The molecule has 0 unspecified atom stereocenters. The molecule has 0 radical (unpaired) electrons. The van der Waals surface area contributed by atoms with E-state index >= 15 is 0 Å². The monoisotopic (exact) mass is 178 g/mol. The molecule has 66 valence electrons. The van der Waals surface area contributed by atoms with Gasteiger partial charge in [-0.25, -0.2) is 9.78 Å². The van der Waals surface area contributed by atoms with Crippen LogP contribution in [0.2, 0.25) is 0 Å². The molecule has 0 saturated carbocycles. The van der Waals surface area contributed by atoms with Gasteiger partial charge in [-0.2, -0.15) is 5.26 Å². The van der Waals surface area contributed by atoms with Crippen molar-refractivity contribution in [2.45, 2.75) is 0 Å². The summed E-state index contributed by atoms with van der Waals surface area (Å²) in [5, 5.41) is 17.2. The van der Waals surface area contributed by atoms with Gasteiger partial charge in [-0.1, -0.05) is 0 Å². The van der Waals surface area contributed by atoms with Crippen molar-refractivity contribution in [1.82, 2.24) is 4.98 Å². The molecule has 1 aromatic heterocycles. The standard InChI is InChI=1S/C8H6N2O3/c1-13-7-2-6(8(11)12)5(3-9)4-10-7/h2,4H,1H3,(H,11,12). The largest absolute Gasteiger partial charge is 0.481 e. The van der Waals surface area contributed by atoms with Crippen molar-refractivity contribution >= 4 is 5.97 Å². The molecule has 0 fully saturated rings. The van der Waals surface area contributed by atoms with Crippen LogP contribution in [0.15, 0.2) is 12.3 Å². The molecule has 0 atom stereocenters. The zero-order valence-electron chi connectivity index (χ0n) is 6.81. The third-order valence-electron chi connectivity index (χ3n) is 1.44. The number of carboxylic acid groups (broad SMARTS) is 1. The zero-order valence-corrected chi connectivity index (χ0v) is 6.81. The van der Waals surface area contributed by atoms with Gasteiger partial charge in [-0.05, 0) is 0 Å². The normalized spacial score (nSPS) is 8.92. The van der Waals surface area contributed by atoms with E-state index in [0.717, 1.165) is 0 Å². The summed E-state index contributed by atoms with van der Waals surface area (Å²) in [6, 6.07) is 2.94. The predicted octanol–water partition coefficient (Wildman–Crippen LogP) is 0.660. The van der Waals surface area contributed by atoms with E-state index in [2.05, 4.69) is 4.98 Å². The molecule has 1 heterocycles. The average molecular weight is 178 g/mol. The van der Waals surface area contributed by atoms with Gasteiger partial charge < -0.3 is 9.84 Å². The summed E-state index contributed by atoms with van der Waals surface area (Å²) in [6.45, 7) is 0. The van der Waals surface area contributed by atoms with Crippen LogP contribution in [0.4, 0.5) is 0 Å². The van der Waals surface area contributed by atoms with Gasteiger partial charge in [0.2, 0.25) is 5.88 Å². The number of carbonyl (C=O) groups is 1. The molecule has 0 aliphatic rings. The molecule has 1 N–H and O–H groups in total. The number of ether oxygens (including phenoxy) is 1. The minimum Gasteiger partial charge on any atom is -0.481 e. The Morgan fingerprint density at radius 1 is 1.77 bits per heavy atom. The van der Waals surface area contributed by atoms with Crippen LogP contribution in [0.25, 0.3) is 0 Å². The van der Waals surface area contributed by atoms with Gasteiger partial charge in [0, 0.05) is 12.3 Å². The smallest absolute Gasteiger partial charge is 0.337 e. The molecule has 0 bridgehead atoms. The molecule has 0 aliphatic carbocycles. The second-order valence-corrected chi connectivity index (χ2v) is 2.19. The number of pyridine rings is 1. The maximum Gasteiger partial charge on any atom is 0.337 e. The summed E-state index contributed by atoms with van der Waals surface area (Å²) in [7, 11) is 1.38. The molecular formula is C8H6N2O3. The number of rotatable bonds is 2. The van der Waals surface area contributed by atoms with E-state index in [1.165, 1.54) is 19.4 Å². The van der Waals surface area contributed by atoms with Crippen LogP contribution >= 0.6 is 0 Å². The molecule has 0 amide bonds. The van der Waals surface area contributed by atoms with Crippen LogP contribution in [-0.4, -0.2) is 23.2 Å². The fraction of sp³-hybridized carbons (Fsp3) is 0.125. The van der Waals surface area contributed by atoms with Gasteiger partial charge in [0.15, 0.2) is 0 Å². The highest BCUT2D eigenvalue weighted by atomic mass is 16.5. The Bertz CT molecular complexity index is 381. The molecule has 0 aliphatic heterocycles. The Balaban J connectivity index is 3.28. The molecule has 1 aromatic rings. The third-order valence-corrected chi connectivity index (χ3v) is 1.44. The maximum atomic E-state index is 10.6. The van der Waals surface area contributed by atoms with Crippen molar-refractivity contribution in [2.75, 3.05) is 7.11 Å². The maximum absolute atomic E-state index is 10.6. The molecule has 0 saturated heterocycles. The highest BCUT2D eigenvalue weighted by Gasteiger charge is 2.11. The van der Waals surface area contributed by atoms with Crippen LogP contribution < -0.4 is 4.74 Å². The van der Waals surface area contributed by atoms with E-state index in [9.17, 15) is 4.79 Å². The fourth-order valence-corrected chi connectivity index (χ4v) is 0.814. The van der Waals surface area contributed by atoms with Crippen LogP contribution in [0.1, 0.15) is 15.9 Å². The lowest BCUT2D eigenvalue weighted by molar-refractivity contribution is 0.0696. The Labute approximate surface area is 74.2 Å². The van der Waals surface area contributed by atoms with Crippen molar-refractivity contribution in [3.05, 3.63) is 23.4 Å². The second-order valence-electron chi connectivity index (χ2n) is 2.19. The van der Waals surface area contributed by atoms with Gasteiger partial charge in [0.05, 0.1) is 18.2 Å². The number of hydrogen-bond donors (Lipinski definition) is 1. The number of aromatic carboxylic acids is 1. The Kier molecular flexibility index (Phi) is 2.45. The van der Waals surface area contributed by atoms with Gasteiger partial charge in [0.25, 0.3) is 0 Å². The first kappa shape index (κ1) is 9.00. The Morgan fingerprint density at radius 2 is 2.46 bits per heavy atom. The highest BCUT2D eigenvalue weighted by molar-refractivity contribution is 5.90. The van der Waals surface area contributed by atoms with Gasteiger partial charge in [-0.3, -0.25) is 0 Å². The topological polar surface area (TPSA) is 83.2 Å². The predicted molar refractivity (Wildman–Crippen MR) is 42.5 cm³/mol. The van der Waals surface area contributed by atoms with Crippen molar-refractivity contribution < 1.29 is 14.6 Å². The molecule has 13 heavy (non-hydrogen) atoms. The van der Waals surface area contributed by atoms with Gasteiger partial charge in [-0.15, -0.1) is 0 Å². The summed E-state index contributed by atoms with van der Waals surface area (Å²) in [5.41, 5.74) is -0.0809. The third kappa shape index (κ3) is 1.73. The number of nitriles is 1. The van der Waals surface area contributed by atoms with Crippen molar-refractivity contribution in [1.29, 1.82) is 5.26 Å². The van der Waals surface area contributed by atoms with E-state index < -0.39 is 5.97 Å². The Hall–Kier alpha value is -2.09. The minimum absolute atomic E-state index is 0.0216. The van der Waals surface area contributed by atoms with E-state index in [4.69, 9.17) is 15.1 Å². The fourth-order valence-electron chi connectivity index (χ4n) is 0.814. The van der Waals surface area contributed by atoms with E-state index in [1.54, 1.807) is 6.07 Å². The summed E-state index contributed by atoms with van der Waals surface area (Å²) in [6.07, 6.45) is 1.17. The lowest BCUT2D eigenvalue weighted by Crippen LogP contribution is -2.02. The number of methoxy groups -OCH3 is 1. The molecular weight excluding hydrogens is 172 g/mol. The lowest BCUT2D eigenvalue weighted by Gasteiger charge is -2.00. The molecule has 5 nitrogen and oxygen atoms in total. The van der Waals surface area contributed by atoms with Crippen LogP contribution in [-0.2, 0) is 0 Å². The van der Waals surface area contributed by atoms with Crippen LogP contribution in [0.5, 0.6) is 5.88 Å². The van der Waals surface area contributed by atoms with E-state index in [-0.39, 0.29) is 17.0 Å². The zero-order chi connectivity index (χ0) is 9.84. The minimum atomic E-state index is -1.17. The van der Waals surface area contributed by atoms with Crippen LogP contribution in [0.3, 0.4) is 0 Å². The SMILES string of the molecule is COc1cc(C(=O)O)c(C#N)cn1. The lowest BCUT2D eigenvalue weighted by atomic mass is 10.1. The first-order valence-corrected chi connectivity index (χ1v) is 3.36. The van der Waals surface area contributed by atoms with Crippen LogP contribution in [0, 0.1) is 11.3 Å². The first-order valence-electron chi connectivity index (χ1n) is 3.36. The quantitative estimate of drug-likeness (QED) is 0.719. The van der Waals surface area contributed by atoms with Crippen molar-refractivity contribution in [3.63, 3.8) is 0 Å². The Morgan fingerprint density at radius 3 is 2.92 bits per heavy atom. The number of aromatic nitrogens is 1. The molecule has 0 spiro atoms. The number of hydrogen-bond acceptors (Lipinski definition) is 4. The van der Waals surface area contributed by atoms with Crippen molar-refractivity contribution in [2.24, 2.45) is 0 Å². The number of carboxylic acids is 1. The second kappa shape index (κ2) is 3.54. The van der Waals surface area contributed by atoms with E-state index in [0.29, 0.717) is 0 Å². The summed E-state index contributed by atoms with van der Waals surface area (Å²) < 4.78 is 4.72. The molecule has 1 rings (SSSR count). The highest BCUT2D eigenvalue weighted by Crippen LogP contribution is 2.13. The molecule has 5 heteroatoms. The summed E-state index contributed by atoms with van der Waals surface area (Å²) >= 11 is 0. The summed E-state index contributed by atoms with van der Waals surface area (Å²) in [5.74, 6) is -0.992. The molecule has 0 aromatic carbocycles. The van der Waals surface area contributed by atoms with Crippen molar-refractivity contribution in [3.8, 4) is 11.9 Å². The summed E-state index contributed by atoms with van der Waals surface area (Å²) in [4.78, 5) is 14.3. The van der Waals surface area contributed by atoms with Gasteiger partial charge >= 0.3 is 5.97 Å².